The molecule has 0 radical (unpaired) electrons. The Morgan fingerprint density at radius 1 is 1.33 bits per heavy atom. The molecule has 2 aliphatic rings. The van der Waals surface area contributed by atoms with Gasteiger partial charge in [-0.1, -0.05) is 18.2 Å². The Hall–Kier alpha value is -2.35. The van der Waals surface area contributed by atoms with Gasteiger partial charge in [0.1, 0.15) is 6.54 Å². The second-order valence-electron chi connectivity index (χ2n) is 5.60. The van der Waals surface area contributed by atoms with Crippen molar-refractivity contribution >= 4 is 17.5 Å². The van der Waals surface area contributed by atoms with Gasteiger partial charge in [-0.2, -0.15) is 5.26 Å². The van der Waals surface area contributed by atoms with E-state index in [1.807, 2.05) is 30.3 Å². The lowest BCUT2D eigenvalue weighted by Gasteiger charge is -2.23. The van der Waals surface area contributed by atoms with E-state index in [1.165, 1.54) is 0 Å². The van der Waals surface area contributed by atoms with Gasteiger partial charge in [0.25, 0.3) is 0 Å². The molecule has 1 aliphatic heterocycles. The third-order valence-electron chi connectivity index (χ3n) is 4.05. The summed E-state index contributed by atoms with van der Waals surface area (Å²) < 4.78 is 0. The van der Waals surface area contributed by atoms with Gasteiger partial charge in [-0.3, -0.25) is 9.59 Å². The van der Waals surface area contributed by atoms with Crippen LogP contribution in [0.15, 0.2) is 30.3 Å². The van der Waals surface area contributed by atoms with Crippen molar-refractivity contribution in [2.75, 3.05) is 18.0 Å². The standard InChI is InChI=1S/C16H17N3O2/c17-8-9-18(14-6-7-14)16(21)12-10-15(20)19(11-12)13-4-2-1-3-5-13/h1-5,12,14H,6-7,9-11H2/t12-/m1/s1. The van der Waals surface area contributed by atoms with Crippen LogP contribution in [0, 0.1) is 17.2 Å². The maximum absolute atomic E-state index is 12.5. The number of hydrogen-bond acceptors (Lipinski definition) is 3. The Morgan fingerprint density at radius 3 is 2.67 bits per heavy atom. The van der Waals surface area contributed by atoms with E-state index in [4.69, 9.17) is 5.26 Å². The van der Waals surface area contributed by atoms with Gasteiger partial charge in [-0.15, -0.1) is 0 Å². The number of anilines is 1. The third-order valence-corrected chi connectivity index (χ3v) is 4.05. The molecule has 1 aromatic carbocycles. The lowest BCUT2D eigenvalue weighted by molar-refractivity contribution is -0.135. The summed E-state index contributed by atoms with van der Waals surface area (Å²) in [4.78, 5) is 28.0. The molecule has 3 rings (SSSR count). The zero-order valence-electron chi connectivity index (χ0n) is 11.7. The summed E-state index contributed by atoms with van der Waals surface area (Å²) >= 11 is 0. The lowest BCUT2D eigenvalue weighted by atomic mass is 10.1. The maximum Gasteiger partial charge on any atom is 0.229 e. The highest BCUT2D eigenvalue weighted by atomic mass is 16.2. The van der Waals surface area contributed by atoms with Crippen LogP contribution in [-0.4, -0.2) is 35.8 Å². The number of rotatable bonds is 4. The molecule has 1 aromatic rings. The van der Waals surface area contributed by atoms with Crippen LogP contribution in [-0.2, 0) is 9.59 Å². The smallest absolute Gasteiger partial charge is 0.229 e. The van der Waals surface area contributed by atoms with Crippen molar-refractivity contribution in [1.82, 2.24) is 4.90 Å². The summed E-state index contributed by atoms with van der Waals surface area (Å²) in [6.07, 6.45) is 2.18. The van der Waals surface area contributed by atoms with E-state index < -0.39 is 0 Å². The highest BCUT2D eigenvalue weighted by molar-refractivity contribution is 6.00. The number of carbonyl (C=O) groups excluding carboxylic acids is 2. The van der Waals surface area contributed by atoms with Crippen LogP contribution in [0.4, 0.5) is 5.69 Å². The summed E-state index contributed by atoms with van der Waals surface area (Å²) in [6.45, 7) is 0.538. The topological polar surface area (TPSA) is 64.4 Å². The van der Waals surface area contributed by atoms with Gasteiger partial charge in [0.2, 0.25) is 11.8 Å². The van der Waals surface area contributed by atoms with Crippen LogP contribution in [0.5, 0.6) is 0 Å². The Balaban J connectivity index is 1.72. The van der Waals surface area contributed by atoms with Gasteiger partial charge in [-0.25, -0.2) is 0 Å². The van der Waals surface area contributed by atoms with Crippen molar-refractivity contribution in [2.24, 2.45) is 5.92 Å². The average Bonchev–Trinajstić information content (AvgIpc) is 3.27. The van der Waals surface area contributed by atoms with Crippen molar-refractivity contribution in [3.8, 4) is 6.07 Å². The van der Waals surface area contributed by atoms with Crippen molar-refractivity contribution in [3.63, 3.8) is 0 Å². The van der Waals surface area contributed by atoms with Gasteiger partial charge in [0.15, 0.2) is 0 Å². The van der Waals surface area contributed by atoms with E-state index in [9.17, 15) is 9.59 Å². The number of hydrogen-bond donors (Lipinski definition) is 0. The summed E-state index contributed by atoms with van der Waals surface area (Å²) in [6, 6.07) is 11.7. The van der Waals surface area contributed by atoms with Crippen LogP contribution < -0.4 is 4.90 Å². The second-order valence-corrected chi connectivity index (χ2v) is 5.60. The minimum Gasteiger partial charge on any atom is -0.326 e. The molecule has 2 amide bonds. The van der Waals surface area contributed by atoms with Crippen molar-refractivity contribution in [1.29, 1.82) is 5.26 Å². The van der Waals surface area contributed by atoms with Gasteiger partial charge in [-0.05, 0) is 25.0 Å². The monoisotopic (exact) mass is 283 g/mol. The van der Waals surface area contributed by atoms with Crippen molar-refractivity contribution < 1.29 is 9.59 Å². The number of carbonyl (C=O) groups is 2. The Morgan fingerprint density at radius 2 is 2.05 bits per heavy atom. The molecular weight excluding hydrogens is 266 g/mol. The number of benzene rings is 1. The van der Waals surface area contributed by atoms with Crippen LogP contribution in [0.2, 0.25) is 0 Å². The molecule has 1 saturated carbocycles. The molecule has 1 aliphatic carbocycles. The Labute approximate surface area is 123 Å². The molecule has 0 spiro atoms. The summed E-state index contributed by atoms with van der Waals surface area (Å²) in [5, 5.41) is 8.87. The first kappa shape index (κ1) is 13.6. The number of para-hydroxylation sites is 1. The molecule has 0 aromatic heterocycles. The third kappa shape index (κ3) is 2.75. The number of nitrogens with zero attached hydrogens (tertiary/aromatic N) is 3. The molecular formula is C16H17N3O2. The van der Waals surface area contributed by atoms with Gasteiger partial charge < -0.3 is 9.80 Å². The van der Waals surface area contributed by atoms with Gasteiger partial charge in [0.05, 0.1) is 12.0 Å². The van der Waals surface area contributed by atoms with Crippen molar-refractivity contribution in [2.45, 2.75) is 25.3 Å². The number of amides is 2. The highest BCUT2D eigenvalue weighted by Crippen LogP contribution is 2.31. The lowest BCUT2D eigenvalue weighted by Crippen LogP contribution is -2.39. The fourth-order valence-electron chi connectivity index (χ4n) is 2.81. The Bertz CT molecular complexity index is 589. The largest absolute Gasteiger partial charge is 0.326 e. The normalized spacial score (nSPS) is 21.2. The van der Waals surface area contributed by atoms with E-state index in [2.05, 4.69) is 6.07 Å². The molecule has 5 heteroatoms. The summed E-state index contributed by atoms with van der Waals surface area (Å²) in [5.74, 6) is -0.398. The highest BCUT2D eigenvalue weighted by Gasteiger charge is 2.41. The summed E-state index contributed by atoms with van der Waals surface area (Å²) in [5.41, 5.74) is 0.830. The van der Waals surface area contributed by atoms with E-state index >= 15 is 0 Å². The van der Waals surface area contributed by atoms with Crippen LogP contribution in [0.25, 0.3) is 0 Å². The quantitative estimate of drug-likeness (QED) is 0.788. The molecule has 0 unspecified atom stereocenters. The van der Waals surface area contributed by atoms with E-state index in [0.29, 0.717) is 6.54 Å². The zero-order valence-corrected chi connectivity index (χ0v) is 11.7. The maximum atomic E-state index is 12.5. The van der Waals surface area contributed by atoms with E-state index in [-0.39, 0.29) is 36.7 Å². The molecule has 108 valence electrons. The van der Waals surface area contributed by atoms with Crippen LogP contribution in [0.3, 0.4) is 0 Å². The molecule has 2 fully saturated rings. The minimum absolute atomic E-state index is 0.0211. The predicted octanol–water partition coefficient (Wildman–Crippen LogP) is 1.55. The first-order valence-corrected chi connectivity index (χ1v) is 7.23. The van der Waals surface area contributed by atoms with E-state index in [1.54, 1.807) is 9.80 Å². The fraction of sp³-hybridized carbons (Fsp3) is 0.438. The molecule has 21 heavy (non-hydrogen) atoms. The second kappa shape index (κ2) is 5.57. The van der Waals surface area contributed by atoms with Crippen LogP contribution in [0.1, 0.15) is 19.3 Å². The molecule has 0 N–H and O–H groups in total. The molecule has 1 heterocycles. The first-order chi connectivity index (χ1) is 10.2. The molecule has 1 atom stereocenters. The average molecular weight is 283 g/mol. The fourth-order valence-corrected chi connectivity index (χ4v) is 2.81. The SMILES string of the molecule is N#CCN(C(=O)[C@@H]1CC(=O)N(c2ccccc2)C1)C1CC1. The van der Waals surface area contributed by atoms with Gasteiger partial charge >= 0.3 is 0 Å². The van der Waals surface area contributed by atoms with Gasteiger partial charge in [0, 0.05) is 24.7 Å². The predicted molar refractivity (Wildman–Crippen MR) is 77.3 cm³/mol. The molecule has 0 bridgehead atoms. The molecule has 5 nitrogen and oxygen atoms in total. The summed E-state index contributed by atoms with van der Waals surface area (Å²) in [7, 11) is 0. The molecule has 1 saturated heterocycles. The first-order valence-electron chi connectivity index (χ1n) is 7.23. The minimum atomic E-state index is -0.327. The Kier molecular flexibility index (Phi) is 3.61. The van der Waals surface area contributed by atoms with E-state index in [0.717, 1.165) is 18.5 Å². The van der Waals surface area contributed by atoms with Crippen LogP contribution >= 0.6 is 0 Å². The van der Waals surface area contributed by atoms with Crippen molar-refractivity contribution in [3.05, 3.63) is 30.3 Å². The number of nitriles is 1. The zero-order chi connectivity index (χ0) is 14.8.